The molecular weight excluding hydrogens is 314 g/mol. The van der Waals surface area contributed by atoms with Gasteiger partial charge in [0, 0.05) is 19.9 Å². The monoisotopic (exact) mass is 341 g/mol. The van der Waals surface area contributed by atoms with Gasteiger partial charge in [-0.3, -0.25) is 4.79 Å². The van der Waals surface area contributed by atoms with Gasteiger partial charge in [-0.2, -0.15) is 0 Å². The number of hydrogen-bond acceptors (Lipinski definition) is 3. The highest BCUT2D eigenvalue weighted by atomic mass is 16.5. The third kappa shape index (κ3) is 3.93. The molecular formula is C20H27N3O2. The maximum atomic E-state index is 13.2. The molecule has 2 aromatic rings. The fourth-order valence-corrected chi connectivity index (χ4v) is 3.79. The number of carbonyl (C=O) groups is 1. The molecule has 0 unspecified atom stereocenters. The summed E-state index contributed by atoms with van der Waals surface area (Å²) in [5.74, 6) is 0.137. The molecule has 1 fully saturated rings. The van der Waals surface area contributed by atoms with Crippen LogP contribution in [0.25, 0.3) is 0 Å². The maximum absolute atomic E-state index is 13.2. The molecule has 3 rings (SSSR count). The molecule has 1 aromatic carbocycles. The molecule has 5 heteroatoms. The molecule has 1 N–H and O–H groups in total. The van der Waals surface area contributed by atoms with Crippen LogP contribution in [-0.4, -0.2) is 29.2 Å². The van der Waals surface area contributed by atoms with Crippen LogP contribution in [0, 0.1) is 0 Å². The van der Waals surface area contributed by atoms with Crippen molar-refractivity contribution in [3.63, 3.8) is 0 Å². The minimum Gasteiger partial charge on any atom is -0.383 e. The van der Waals surface area contributed by atoms with E-state index in [0.29, 0.717) is 13.2 Å². The summed E-state index contributed by atoms with van der Waals surface area (Å²) in [5, 5.41) is 3.17. The highest BCUT2D eigenvalue weighted by molar-refractivity contribution is 5.88. The molecule has 1 aliphatic rings. The van der Waals surface area contributed by atoms with E-state index in [0.717, 1.165) is 43.5 Å². The Kier molecular flexibility index (Phi) is 5.87. The van der Waals surface area contributed by atoms with Crippen molar-refractivity contribution in [2.24, 2.45) is 0 Å². The van der Waals surface area contributed by atoms with Crippen LogP contribution in [0.5, 0.6) is 0 Å². The zero-order valence-electron chi connectivity index (χ0n) is 14.9. The van der Waals surface area contributed by atoms with Crippen molar-refractivity contribution in [1.82, 2.24) is 14.9 Å². The zero-order chi connectivity index (χ0) is 17.5. The van der Waals surface area contributed by atoms with Gasteiger partial charge in [-0.25, -0.2) is 4.98 Å². The Morgan fingerprint density at radius 3 is 2.72 bits per heavy atom. The molecule has 0 bridgehead atoms. The molecule has 25 heavy (non-hydrogen) atoms. The Bertz CT molecular complexity index is 675. The van der Waals surface area contributed by atoms with Gasteiger partial charge >= 0.3 is 0 Å². The normalized spacial score (nSPS) is 16.5. The van der Waals surface area contributed by atoms with Gasteiger partial charge in [-0.15, -0.1) is 0 Å². The molecule has 0 saturated heterocycles. The second kappa shape index (κ2) is 8.30. The Morgan fingerprint density at radius 2 is 2.00 bits per heavy atom. The second-order valence-electron chi connectivity index (χ2n) is 6.76. The summed E-state index contributed by atoms with van der Waals surface area (Å²) >= 11 is 0. The maximum Gasteiger partial charge on any atom is 0.230 e. The Morgan fingerprint density at radius 1 is 1.24 bits per heavy atom. The third-order valence-electron chi connectivity index (χ3n) is 5.23. The first-order chi connectivity index (χ1) is 12.3. The summed E-state index contributed by atoms with van der Waals surface area (Å²) < 4.78 is 7.16. The van der Waals surface area contributed by atoms with Gasteiger partial charge in [0.25, 0.3) is 0 Å². The predicted octanol–water partition coefficient (Wildman–Crippen LogP) is 3.05. The van der Waals surface area contributed by atoms with E-state index in [4.69, 9.17) is 4.74 Å². The number of aromatic nitrogens is 2. The average molecular weight is 341 g/mol. The molecule has 1 amide bonds. The lowest BCUT2D eigenvalue weighted by Crippen LogP contribution is -2.45. The largest absolute Gasteiger partial charge is 0.383 e. The first-order valence-corrected chi connectivity index (χ1v) is 9.08. The van der Waals surface area contributed by atoms with Gasteiger partial charge in [-0.05, 0) is 18.4 Å². The van der Waals surface area contributed by atoms with Crippen LogP contribution in [0.4, 0.5) is 0 Å². The lowest BCUT2D eigenvalue weighted by Gasteiger charge is -2.36. The second-order valence-corrected chi connectivity index (χ2v) is 6.76. The molecule has 5 nitrogen and oxygen atoms in total. The summed E-state index contributed by atoms with van der Waals surface area (Å²) in [6.45, 7) is 1.87. The van der Waals surface area contributed by atoms with Crippen molar-refractivity contribution in [2.75, 3.05) is 13.7 Å². The molecule has 1 aromatic heterocycles. The van der Waals surface area contributed by atoms with E-state index < -0.39 is 5.41 Å². The highest BCUT2D eigenvalue weighted by Gasteiger charge is 2.40. The van der Waals surface area contributed by atoms with Crippen LogP contribution in [0.1, 0.15) is 43.4 Å². The fourth-order valence-electron chi connectivity index (χ4n) is 3.79. The number of nitrogens with zero attached hydrogens (tertiary/aromatic N) is 2. The lowest BCUT2D eigenvalue weighted by atomic mass is 9.68. The Labute approximate surface area is 149 Å². The molecule has 0 spiro atoms. The molecule has 0 radical (unpaired) electrons. The van der Waals surface area contributed by atoms with Crippen molar-refractivity contribution in [1.29, 1.82) is 0 Å². The summed E-state index contributed by atoms with van der Waals surface area (Å²) in [7, 11) is 1.69. The van der Waals surface area contributed by atoms with Gasteiger partial charge in [-0.1, -0.05) is 49.6 Å². The predicted molar refractivity (Wildman–Crippen MR) is 97.2 cm³/mol. The van der Waals surface area contributed by atoms with E-state index in [9.17, 15) is 4.79 Å². The quantitative estimate of drug-likeness (QED) is 0.842. The number of benzene rings is 1. The lowest BCUT2D eigenvalue weighted by molar-refractivity contribution is -0.128. The van der Waals surface area contributed by atoms with Crippen molar-refractivity contribution in [2.45, 2.75) is 50.6 Å². The highest BCUT2D eigenvalue weighted by Crippen LogP contribution is 2.39. The first kappa shape index (κ1) is 17.7. The standard InChI is InChI=1S/C20H27N3O2/c1-25-13-12-23-16-21-14-18(23)15-22-19(24)20(10-6-3-7-11-20)17-8-4-2-5-9-17/h2,4-5,8-9,14,16H,3,6-7,10-13,15H2,1H3,(H,22,24). The van der Waals surface area contributed by atoms with Crippen LogP contribution in [0.15, 0.2) is 42.9 Å². The molecule has 1 aliphatic carbocycles. The summed E-state index contributed by atoms with van der Waals surface area (Å²) in [5.41, 5.74) is 1.75. The summed E-state index contributed by atoms with van der Waals surface area (Å²) in [4.78, 5) is 17.4. The van der Waals surface area contributed by atoms with E-state index >= 15 is 0 Å². The minimum atomic E-state index is -0.392. The number of amides is 1. The van der Waals surface area contributed by atoms with Crippen molar-refractivity contribution >= 4 is 5.91 Å². The summed E-state index contributed by atoms with van der Waals surface area (Å²) in [6, 6.07) is 10.2. The number of ether oxygens (including phenoxy) is 1. The number of nitrogens with one attached hydrogen (secondary N) is 1. The smallest absolute Gasteiger partial charge is 0.230 e. The topological polar surface area (TPSA) is 56.1 Å². The Hall–Kier alpha value is -2.14. The molecule has 1 heterocycles. The van der Waals surface area contributed by atoms with Crippen LogP contribution < -0.4 is 5.32 Å². The van der Waals surface area contributed by atoms with Gasteiger partial charge in [0.05, 0.1) is 30.6 Å². The van der Waals surface area contributed by atoms with E-state index in [2.05, 4.69) is 22.4 Å². The molecule has 0 atom stereocenters. The minimum absolute atomic E-state index is 0.137. The Balaban J connectivity index is 1.73. The van der Waals surface area contributed by atoms with Crippen LogP contribution in [-0.2, 0) is 28.0 Å². The number of carbonyl (C=O) groups excluding carboxylic acids is 1. The fraction of sp³-hybridized carbons (Fsp3) is 0.500. The molecule has 0 aliphatic heterocycles. The van der Waals surface area contributed by atoms with E-state index in [-0.39, 0.29) is 5.91 Å². The number of rotatable bonds is 7. The van der Waals surface area contributed by atoms with E-state index in [1.165, 1.54) is 6.42 Å². The average Bonchev–Trinajstić information content (AvgIpc) is 3.13. The van der Waals surface area contributed by atoms with E-state index in [1.54, 1.807) is 13.4 Å². The summed E-state index contributed by atoms with van der Waals surface area (Å²) in [6.07, 6.45) is 8.87. The number of methoxy groups -OCH3 is 1. The van der Waals surface area contributed by atoms with Crippen LogP contribution in [0.3, 0.4) is 0 Å². The SMILES string of the molecule is COCCn1cncc1CNC(=O)C1(c2ccccc2)CCCCC1. The van der Waals surface area contributed by atoms with Crippen LogP contribution in [0.2, 0.25) is 0 Å². The zero-order valence-corrected chi connectivity index (χ0v) is 14.9. The number of imidazole rings is 1. The van der Waals surface area contributed by atoms with Gasteiger partial charge in [0.1, 0.15) is 0 Å². The first-order valence-electron chi connectivity index (χ1n) is 9.08. The number of hydrogen-bond donors (Lipinski definition) is 1. The molecule has 134 valence electrons. The van der Waals surface area contributed by atoms with Gasteiger partial charge in [0.15, 0.2) is 0 Å². The van der Waals surface area contributed by atoms with E-state index in [1.807, 2.05) is 29.0 Å². The van der Waals surface area contributed by atoms with Crippen molar-refractivity contribution in [3.8, 4) is 0 Å². The molecule has 1 saturated carbocycles. The van der Waals surface area contributed by atoms with Crippen LogP contribution >= 0.6 is 0 Å². The van der Waals surface area contributed by atoms with Gasteiger partial charge < -0.3 is 14.6 Å². The van der Waals surface area contributed by atoms with Gasteiger partial charge in [0.2, 0.25) is 5.91 Å². The van der Waals surface area contributed by atoms with Crippen molar-refractivity contribution < 1.29 is 9.53 Å². The van der Waals surface area contributed by atoms with Crippen molar-refractivity contribution in [3.05, 3.63) is 54.1 Å². The third-order valence-corrected chi connectivity index (χ3v) is 5.23.